The zero-order valence-corrected chi connectivity index (χ0v) is 24.7. The Kier molecular flexibility index (Phi) is 6.90. The average molecular weight is 585 g/mol. The molecule has 1 saturated carbocycles. The first-order chi connectivity index (χ1) is 21.7. The molecule has 2 aliphatic rings. The maximum Gasteiger partial charge on any atom is 0.164 e. The molecule has 0 atom stereocenters. The Morgan fingerprint density at radius 3 is 2.41 bits per heavy atom. The number of nitrogens with two attached hydrogens (primary N) is 1. The molecule has 0 amide bonds. The van der Waals surface area contributed by atoms with Crippen molar-refractivity contribution < 1.29 is 0 Å². The van der Waals surface area contributed by atoms with E-state index in [1.807, 2.05) is 18.3 Å². The van der Waals surface area contributed by atoms with E-state index in [2.05, 4.69) is 89.0 Å². The van der Waals surface area contributed by atoms with Gasteiger partial charge in [-0.2, -0.15) is 5.10 Å². The second kappa shape index (κ2) is 11.3. The number of pyridine rings is 1. The van der Waals surface area contributed by atoms with E-state index in [0.29, 0.717) is 11.9 Å². The first-order valence-corrected chi connectivity index (χ1v) is 15.6. The summed E-state index contributed by atoms with van der Waals surface area (Å²) in [5.41, 5.74) is 12.2. The van der Waals surface area contributed by atoms with Gasteiger partial charge in [-0.25, -0.2) is 24.6 Å². The third kappa shape index (κ3) is 5.05. The number of nitrogens with zero attached hydrogens (tertiary/aromatic N) is 8. The maximum absolute atomic E-state index is 6.47. The van der Waals surface area contributed by atoms with Gasteiger partial charge in [0.05, 0.1) is 22.5 Å². The lowest BCUT2D eigenvalue weighted by atomic mass is 9.90. The van der Waals surface area contributed by atoms with E-state index in [-0.39, 0.29) is 6.04 Å². The van der Waals surface area contributed by atoms with E-state index in [9.17, 15) is 0 Å². The van der Waals surface area contributed by atoms with Crippen molar-refractivity contribution in [3.63, 3.8) is 0 Å². The SMILES string of the molecule is Nc1ncnc2c1c(-c1ccc3[nH]c(Cc4ccccc4)nc3c1)nn2[C@H]1CC[C@@H](N2CCN(c3ccccn3)CC2)CC1. The van der Waals surface area contributed by atoms with Crippen molar-refractivity contribution in [2.24, 2.45) is 0 Å². The van der Waals surface area contributed by atoms with E-state index >= 15 is 0 Å². The lowest BCUT2D eigenvalue weighted by molar-refractivity contribution is 0.129. The molecule has 2 fully saturated rings. The molecule has 6 aromatic rings. The lowest BCUT2D eigenvalue weighted by Crippen LogP contribution is -2.51. The zero-order valence-electron chi connectivity index (χ0n) is 24.7. The summed E-state index contributed by atoms with van der Waals surface area (Å²) in [6.07, 6.45) is 8.61. The molecule has 10 nitrogen and oxygen atoms in total. The van der Waals surface area contributed by atoms with Crippen LogP contribution in [0.3, 0.4) is 0 Å². The summed E-state index contributed by atoms with van der Waals surface area (Å²) >= 11 is 0. The number of benzene rings is 2. The third-order valence-corrected chi connectivity index (χ3v) is 9.35. The van der Waals surface area contributed by atoms with Gasteiger partial charge < -0.3 is 15.6 Å². The van der Waals surface area contributed by atoms with Crippen LogP contribution in [0.1, 0.15) is 43.1 Å². The van der Waals surface area contributed by atoms with Crippen LogP contribution < -0.4 is 10.6 Å². The average Bonchev–Trinajstić information content (AvgIpc) is 3.67. The molecule has 0 bridgehead atoms. The third-order valence-electron chi connectivity index (χ3n) is 9.35. The monoisotopic (exact) mass is 584 g/mol. The first-order valence-electron chi connectivity index (χ1n) is 15.6. The van der Waals surface area contributed by atoms with Crippen molar-refractivity contribution in [3.8, 4) is 11.3 Å². The molecule has 222 valence electrons. The molecule has 44 heavy (non-hydrogen) atoms. The van der Waals surface area contributed by atoms with Crippen LogP contribution in [0.25, 0.3) is 33.3 Å². The minimum absolute atomic E-state index is 0.276. The number of H-pyrrole nitrogens is 1. The fourth-order valence-electron chi connectivity index (χ4n) is 7.06. The Labute approximate surface area is 256 Å². The van der Waals surface area contributed by atoms with E-state index in [4.69, 9.17) is 15.8 Å². The second-order valence-electron chi connectivity index (χ2n) is 12.0. The number of piperazine rings is 1. The van der Waals surface area contributed by atoms with Crippen LogP contribution >= 0.6 is 0 Å². The fraction of sp³-hybridized carbons (Fsp3) is 0.324. The highest BCUT2D eigenvalue weighted by atomic mass is 15.3. The van der Waals surface area contributed by atoms with Crippen LogP contribution in [0, 0.1) is 0 Å². The quantitative estimate of drug-likeness (QED) is 0.273. The summed E-state index contributed by atoms with van der Waals surface area (Å²) in [6.45, 7) is 4.20. The molecule has 8 rings (SSSR count). The molecular weight excluding hydrogens is 548 g/mol. The molecule has 0 unspecified atom stereocenters. The van der Waals surface area contributed by atoms with E-state index in [1.54, 1.807) is 6.33 Å². The van der Waals surface area contributed by atoms with Gasteiger partial charge in [-0.3, -0.25) is 4.90 Å². The largest absolute Gasteiger partial charge is 0.383 e. The summed E-state index contributed by atoms with van der Waals surface area (Å²) in [5, 5.41) is 5.99. The number of hydrogen-bond donors (Lipinski definition) is 2. The van der Waals surface area contributed by atoms with Gasteiger partial charge in [-0.1, -0.05) is 42.5 Å². The molecule has 10 heteroatoms. The topological polar surface area (TPSA) is 118 Å². The molecule has 1 aliphatic heterocycles. The predicted octanol–water partition coefficient (Wildman–Crippen LogP) is 5.24. The van der Waals surface area contributed by atoms with Crippen LogP contribution in [0.15, 0.2) is 79.3 Å². The molecule has 0 spiro atoms. The van der Waals surface area contributed by atoms with E-state index < -0.39 is 0 Å². The normalized spacial score (nSPS) is 19.6. The Bertz CT molecular complexity index is 1880. The summed E-state index contributed by atoms with van der Waals surface area (Å²) in [7, 11) is 0. The Hall–Kier alpha value is -4.83. The molecule has 1 aliphatic carbocycles. The molecule has 5 heterocycles. The molecule has 2 aromatic carbocycles. The van der Waals surface area contributed by atoms with Crippen molar-refractivity contribution >= 4 is 33.7 Å². The van der Waals surface area contributed by atoms with E-state index in [1.165, 1.54) is 5.56 Å². The van der Waals surface area contributed by atoms with Gasteiger partial charge in [0.1, 0.15) is 29.5 Å². The molecule has 1 saturated heterocycles. The number of anilines is 2. The van der Waals surface area contributed by atoms with Gasteiger partial charge in [0, 0.05) is 50.4 Å². The van der Waals surface area contributed by atoms with Crippen molar-refractivity contribution in [1.82, 2.24) is 39.6 Å². The van der Waals surface area contributed by atoms with Gasteiger partial charge in [0.2, 0.25) is 0 Å². The number of imidazole rings is 1. The minimum Gasteiger partial charge on any atom is -0.383 e. The molecule has 4 aromatic heterocycles. The highest BCUT2D eigenvalue weighted by Gasteiger charge is 2.31. The smallest absolute Gasteiger partial charge is 0.164 e. The highest BCUT2D eigenvalue weighted by molar-refractivity contribution is 5.99. The molecule has 3 N–H and O–H groups in total. The Balaban J connectivity index is 1.01. The Morgan fingerprint density at radius 2 is 1.61 bits per heavy atom. The minimum atomic E-state index is 0.276. The summed E-state index contributed by atoms with van der Waals surface area (Å²) in [4.78, 5) is 27.0. The van der Waals surface area contributed by atoms with Gasteiger partial charge in [0.25, 0.3) is 0 Å². The van der Waals surface area contributed by atoms with Crippen LogP contribution in [-0.4, -0.2) is 71.8 Å². The van der Waals surface area contributed by atoms with Crippen molar-refractivity contribution in [1.29, 1.82) is 0 Å². The second-order valence-corrected chi connectivity index (χ2v) is 12.0. The number of hydrogen-bond acceptors (Lipinski definition) is 8. The number of aromatic amines is 1. The highest BCUT2D eigenvalue weighted by Crippen LogP contribution is 2.37. The molecular formula is C34H36N10. The zero-order chi connectivity index (χ0) is 29.5. The maximum atomic E-state index is 6.47. The standard InChI is InChI=1S/C34H36N10/c35-33-31-32(24-9-14-27-28(21-24)40-29(39-27)20-23-6-2-1-3-7-23)41-44(34(31)38-22-37-33)26-12-10-25(11-13-26)42-16-18-43(19-17-42)30-8-4-5-15-36-30/h1-9,14-15,21-22,25-26H,10-13,16-20H2,(H,39,40)(H2,35,37,38)/t25-,26+. The van der Waals surface area contributed by atoms with Gasteiger partial charge >= 0.3 is 0 Å². The van der Waals surface area contributed by atoms with Crippen LogP contribution in [0.2, 0.25) is 0 Å². The fourth-order valence-corrected chi connectivity index (χ4v) is 7.06. The first kappa shape index (κ1) is 26.8. The predicted molar refractivity (Wildman–Crippen MR) is 173 cm³/mol. The van der Waals surface area contributed by atoms with Gasteiger partial charge in [-0.05, 0) is 55.5 Å². The summed E-state index contributed by atoms with van der Waals surface area (Å²) < 4.78 is 2.12. The van der Waals surface area contributed by atoms with Crippen molar-refractivity contribution in [2.45, 2.75) is 44.2 Å². The number of aromatic nitrogens is 7. The van der Waals surface area contributed by atoms with Gasteiger partial charge in [0.15, 0.2) is 5.65 Å². The number of fused-ring (bicyclic) bond motifs is 2. The number of nitrogen functional groups attached to an aromatic ring is 1. The number of rotatable bonds is 6. The summed E-state index contributed by atoms with van der Waals surface area (Å²) in [5.74, 6) is 2.48. The van der Waals surface area contributed by atoms with Crippen LogP contribution in [0.5, 0.6) is 0 Å². The van der Waals surface area contributed by atoms with Gasteiger partial charge in [-0.15, -0.1) is 0 Å². The summed E-state index contributed by atoms with van der Waals surface area (Å²) in [6, 6.07) is 23.7. The van der Waals surface area contributed by atoms with Crippen molar-refractivity contribution in [3.05, 3.63) is 90.6 Å². The van der Waals surface area contributed by atoms with Crippen LogP contribution in [-0.2, 0) is 6.42 Å². The number of nitrogens with one attached hydrogen (secondary N) is 1. The molecule has 0 radical (unpaired) electrons. The lowest BCUT2D eigenvalue weighted by Gasteiger charge is -2.42. The van der Waals surface area contributed by atoms with E-state index in [0.717, 1.165) is 103 Å². The Morgan fingerprint density at radius 1 is 0.818 bits per heavy atom. The van der Waals surface area contributed by atoms with Crippen molar-refractivity contribution in [2.75, 3.05) is 36.8 Å². The van der Waals surface area contributed by atoms with Crippen LogP contribution in [0.4, 0.5) is 11.6 Å².